The first-order valence-corrected chi connectivity index (χ1v) is 22.4. The van der Waals surface area contributed by atoms with Gasteiger partial charge in [-0.2, -0.15) is 11.8 Å². The Morgan fingerprint density at radius 3 is 0.964 bits per heavy atom. The lowest BCUT2D eigenvalue weighted by Crippen LogP contribution is -2.16. The molecule has 4 heteroatoms. The van der Waals surface area contributed by atoms with E-state index in [-0.39, 0.29) is 33.2 Å². The molecule has 5 aromatic rings. The van der Waals surface area contributed by atoms with Crippen LogP contribution in [0, 0.1) is 20.8 Å². The van der Waals surface area contributed by atoms with Gasteiger partial charge in [-0.25, -0.2) is 0 Å². The van der Waals surface area contributed by atoms with Crippen LogP contribution in [0.25, 0.3) is 44.5 Å². The van der Waals surface area contributed by atoms with Gasteiger partial charge in [-0.3, -0.25) is 0 Å². The van der Waals surface area contributed by atoms with Crippen LogP contribution in [-0.2, 0) is 21.7 Å². The number of aryl methyl sites for hydroxylation is 3. The van der Waals surface area contributed by atoms with Crippen LogP contribution in [0.4, 0.5) is 0 Å². The van der Waals surface area contributed by atoms with Crippen molar-refractivity contribution in [1.29, 1.82) is 0 Å². The molecule has 2 nitrogen and oxygen atoms in total. The molecule has 0 saturated carbocycles. The molecule has 56 heavy (non-hydrogen) atoms. The summed E-state index contributed by atoms with van der Waals surface area (Å²) in [4.78, 5) is 1.07. The van der Waals surface area contributed by atoms with Crippen molar-refractivity contribution in [2.24, 2.45) is 0 Å². The van der Waals surface area contributed by atoms with Crippen LogP contribution in [0.5, 0.6) is 11.5 Å². The maximum absolute atomic E-state index is 12.5. The smallest absolute Gasteiger partial charge is 0.131 e. The Labute approximate surface area is 348 Å². The Bertz CT molecular complexity index is 2030. The zero-order valence-corrected chi connectivity index (χ0v) is 38.7. The second-order valence-corrected chi connectivity index (χ2v) is 22.1. The van der Waals surface area contributed by atoms with E-state index in [1.165, 1.54) is 22.3 Å². The number of phenols is 2. The normalized spacial score (nSPS) is 12.7. The Kier molecular flexibility index (Phi) is 12.4. The van der Waals surface area contributed by atoms with E-state index in [0.717, 1.165) is 77.6 Å². The molecule has 0 radical (unpaired) electrons. The molecule has 5 rings (SSSR count). The molecule has 2 N–H and O–H groups in total. The standard InChI is InChI=1S/C52H66O2S2/c1-31-19-40(34-25-36(49(4,5)6)29-37(26-34)50(7,8)9)46(53)42(21-31)44-23-33(3)24-45(48(44)56-18-17-55-16)43-22-32(2)20-41(47(43)54)35-27-38(51(10,11)12)30-39(28-35)52(13,14)15/h19-30,53-54H,17-18H2,1-16H3. The number of hydrogen-bond acceptors (Lipinski definition) is 4. The highest BCUT2D eigenvalue weighted by Crippen LogP contribution is 2.50. The summed E-state index contributed by atoms with van der Waals surface area (Å²) in [6.45, 7) is 33.4. The van der Waals surface area contributed by atoms with E-state index < -0.39 is 0 Å². The molecule has 0 heterocycles. The van der Waals surface area contributed by atoms with Gasteiger partial charge >= 0.3 is 0 Å². The van der Waals surface area contributed by atoms with Crippen LogP contribution in [0.15, 0.2) is 77.7 Å². The summed E-state index contributed by atoms with van der Waals surface area (Å²) in [6.07, 6.45) is 2.14. The second-order valence-electron chi connectivity index (χ2n) is 20.0. The molecule has 0 aliphatic heterocycles. The third-order valence-electron chi connectivity index (χ3n) is 10.8. The predicted molar refractivity (Wildman–Crippen MR) is 250 cm³/mol. The molecule has 5 aromatic carbocycles. The highest BCUT2D eigenvalue weighted by atomic mass is 32.2. The molecule has 0 spiro atoms. The maximum Gasteiger partial charge on any atom is 0.131 e. The molecular formula is C52H66O2S2. The van der Waals surface area contributed by atoms with Crippen molar-refractivity contribution >= 4 is 23.5 Å². The SMILES string of the molecule is CSCCSc1c(-c2cc(C)cc(-c3cc(C(C)(C)C)cc(C(C)(C)C)c3)c2O)cc(C)cc1-c1cc(C)cc(-c2cc(C(C)(C)C)cc(C(C)(C)C)c2)c1O. The van der Waals surface area contributed by atoms with Gasteiger partial charge in [0.1, 0.15) is 11.5 Å². The number of rotatable bonds is 8. The van der Waals surface area contributed by atoms with Crippen LogP contribution in [0.3, 0.4) is 0 Å². The molecule has 0 aliphatic rings. The molecule has 0 amide bonds. The second kappa shape index (κ2) is 16.0. The van der Waals surface area contributed by atoms with Gasteiger partial charge in [0, 0.05) is 38.7 Å². The van der Waals surface area contributed by atoms with E-state index in [1.807, 2.05) is 23.5 Å². The van der Waals surface area contributed by atoms with Crippen molar-refractivity contribution in [2.45, 2.75) is 130 Å². The van der Waals surface area contributed by atoms with Gasteiger partial charge in [0.05, 0.1) is 0 Å². The molecule has 0 fully saturated rings. The fraction of sp³-hybridized carbons (Fsp3) is 0.423. The third kappa shape index (κ3) is 9.56. The number of hydrogen-bond donors (Lipinski definition) is 2. The summed E-state index contributed by atoms with van der Waals surface area (Å²) in [5, 5.41) is 24.9. The number of thioether (sulfide) groups is 2. The highest BCUT2D eigenvalue weighted by Gasteiger charge is 2.26. The average Bonchev–Trinajstić information content (AvgIpc) is 3.08. The first kappa shape index (κ1) is 43.5. The van der Waals surface area contributed by atoms with Crippen LogP contribution >= 0.6 is 23.5 Å². The molecule has 0 aliphatic carbocycles. The fourth-order valence-corrected chi connectivity index (χ4v) is 9.12. The van der Waals surface area contributed by atoms with Crippen LogP contribution in [0.2, 0.25) is 0 Å². The molecule has 0 saturated heterocycles. The lowest BCUT2D eigenvalue weighted by atomic mass is 9.78. The summed E-state index contributed by atoms with van der Waals surface area (Å²) in [5.74, 6) is 2.45. The first-order valence-electron chi connectivity index (χ1n) is 20.1. The molecule has 0 atom stereocenters. The first-order chi connectivity index (χ1) is 25.8. The average molecular weight is 787 g/mol. The largest absolute Gasteiger partial charge is 0.507 e. The topological polar surface area (TPSA) is 40.5 Å². The van der Waals surface area contributed by atoms with Crippen molar-refractivity contribution in [3.8, 4) is 56.0 Å². The maximum atomic E-state index is 12.5. The van der Waals surface area contributed by atoms with Crippen LogP contribution < -0.4 is 0 Å². The monoisotopic (exact) mass is 786 g/mol. The lowest BCUT2D eigenvalue weighted by molar-refractivity contribution is 0.479. The van der Waals surface area contributed by atoms with Crippen molar-refractivity contribution in [1.82, 2.24) is 0 Å². The summed E-state index contributed by atoms with van der Waals surface area (Å²) < 4.78 is 0. The summed E-state index contributed by atoms with van der Waals surface area (Å²) in [7, 11) is 0. The quantitative estimate of drug-likeness (QED) is 0.121. The van der Waals surface area contributed by atoms with Crippen molar-refractivity contribution in [3.05, 3.63) is 112 Å². The zero-order valence-electron chi connectivity index (χ0n) is 37.1. The van der Waals surface area contributed by atoms with E-state index in [0.29, 0.717) is 0 Å². The fourth-order valence-electron chi connectivity index (χ4n) is 7.26. The highest BCUT2D eigenvalue weighted by molar-refractivity contribution is 8.02. The Morgan fingerprint density at radius 1 is 0.393 bits per heavy atom. The van der Waals surface area contributed by atoms with Crippen LogP contribution in [-0.4, -0.2) is 28.0 Å². The van der Waals surface area contributed by atoms with Gasteiger partial charge in [-0.15, -0.1) is 11.8 Å². The third-order valence-corrected chi connectivity index (χ3v) is 12.8. The van der Waals surface area contributed by atoms with E-state index in [1.54, 1.807) is 0 Å². The zero-order chi connectivity index (χ0) is 41.7. The Balaban J connectivity index is 1.82. The minimum absolute atomic E-state index is 0.0537. The van der Waals surface area contributed by atoms with E-state index in [9.17, 15) is 10.2 Å². The Hall–Kier alpha value is -3.60. The summed E-state index contributed by atoms with van der Waals surface area (Å²) in [6, 6.07) is 26.6. The molecule has 0 unspecified atom stereocenters. The van der Waals surface area contributed by atoms with Crippen molar-refractivity contribution in [2.75, 3.05) is 17.8 Å². The Morgan fingerprint density at radius 2 is 0.679 bits per heavy atom. The predicted octanol–water partition coefficient (Wildman–Crippen LogP) is 15.3. The molecule has 0 aromatic heterocycles. The number of aromatic hydroxyl groups is 2. The van der Waals surface area contributed by atoms with E-state index >= 15 is 0 Å². The van der Waals surface area contributed by atoms with E-state index in [4.69, 9.17) is 0 Å². The minimum atomic E-state index is -0.0537. The van der Waals surface area contributed by atoms with Crippen LogP contribution in [0.1, 0.15) is 122 Å². The van der Waals surface area contributed by atoms with Crippen molar-refractivity contribution in [3.63, 3.8) is 0 Å². The van der Waals surface area contributed by atoms with Gasteiger partial charge in [0.15, 0.2) is 0 Å². The van der Waals surface area contributed by atoms with Gasteiger partial charge in [-0.1, -0.05) is 132 Å². The number of benzene rings is 5. The molecule has 0 bridgehead atoms. The summed E-state index contributed by atoms with van der Waals surface area (Å²) >= 11 is 3.64. The van der Waals surface area contributed by atoms with E-state index in [2.05, 4.69) is 183 Å². The number of phenolic OH excluding ortho intramolecular Hbond substituents is 2. The minimum Gasteiger partial charge on any atom is -0.507 e. The van der Waals surface area contributed by atoms with Gasteiger partial charge in [0.2, 0.25) is 0 Å². The molecule has 298 valence electrons. The summed E-state index contributed by atoms with van der Waals surface area (Å²) in [5.41, 5.74) is 15.4. The van der Waals surface area contributed by atoms with Crippen molar-refractivity contribution < 1.29 is 10.2 Å². The van der Waals surface area contributed by atoms with Gasteiger partial charge in [0.25, 0.3) is 0 Å². The lowest BCUT2D eigenvalue weighted by Gasteiger charge is -2.27. The van der Waals surface area contributed by atoms with Gasteiger partial charge < -0.3 is 10.2 Å². The molecular weight excluding hydrogens is 721 g/mol. The van der Waals surface area contributed by atoms with Gasteiger partial charge in [-0.05, 0) is 134 Å².